The van der Waals surface area contributed by atoms with E-state index in [4.69, 9.17) is 14.2 Å². The maximum Gasteiger partial charge on any atom is 0.191 e. The van der Waals surface area contributed by atoms with Crippen molar-refractivity contribution in [2.24, 2.45) is 4.99 Å². The van der Waals surface area contributed by atoms with Crippen LogP contribution < -0.4 is 15.4 Å². The number of benzene rings is 1. The van der Waals surface area contributed by atoms with Crippen LogP contribution >= 0.6 is 0 Å². The lowest BCUT2D eigenvalue weighted by molar-refractivity contribution is 0.0698. The van der Waals surface area contributed by atoms with Crippen LogP contribution in [0.25, 0.3) is 0 Å². The number of nitrogens with one attached hydrogen (secondary N) is 2. The molecule has 0 aliphatic heterocycles. The molecule has 0 atom stereocenters. The second kappa shape index (κ2) is 12.6. The number of aliphatic imine (C=N–C) groups is 1. The number of aryl methyl sites for hydroxylation is 1. The lowest BCUT2D eigenvalue weighted by atomic mass is 10.1. The van der Waals surface area contributed by atoms with Gasteiger partial charge in [-0.3, -0.25) is 0 Å². The van der Waals surface area contributed by atoms with Gasteiger partial charge < -0.3 is 24.8 Å². The first-order valence-electron chi connectivity index (χ1n) is 8.43. The van der Waals surface area contributed by atoms with Crippen LogP contribution in [0.4, 0.5) is 0 Å². The second-order valence-corrected chi connectivity index (χ2v) is 5.38. The Hall–Kier alpha value is -1.79. The molecule has 0 unspecified atom stereocenters. The van der Waals surface area contributed by atoms with E-state index in [2.05, 4.69) is 28.6 Å². The lowest BCUT2D eigenvalue weighted by Gasteiger charge is -2.12. The van der Waals surface area contributed by atoms with E-state index in [9.17, 15) is 0 Å². The third kappa shape index (κ3) is 8.17. The standard InChI is InChI=1S/C18H31N3O3/c1-5-19-18(20-9-6-10-24-12-11-22-3)21-14-16-7-8-17(23-4)15(2)13-16/h7-8,13H,5-6,9-12,14H2,1-4H3,(H2,19,20,21). The molecule has 1 aromatic carbocycles. The average Bonchev–Trinajstić information content (AvgIpc) is 2.59. The third-order valence-electron chi connectivity index (χ3n) is 3.41. The molecule has 0 fully saturated rings. The van der Waals surface area contributed by atoms with Crippen molar-refractivity contribution in [1.82, 2.24) is 10.6 Å². The van der Waals surface area contributed by atoms with Crippen LogP contribution in [-0.4, -0.2) is 53.1 Å². The van der Waals surface area contributed by atoms with E-state index in [1.807, 2.05) is 19.1 Å². The van der Waals surface area contributed by atoms with Crippen molar-refractivity contribution in [3.8, 4) is 5.75 Å². The Kier molecular flexibility index (Phi) is 10.6. The summed E-state index contributed by atoms with van der Waals surface area (Å²) in [6.45, 7) is 8.37. The average molecular weight is 337 g/mol. The van der Waals surface area contributed by atoms with Crippen molar-refractivity contribution in [3.05, 3.63) is 29.3 Å². The Morgan fingerprint density at radius 3 is 2.62 bits per heavy atom. The summed E-state index contributed by atoms with van der Waals surface area (Å²) in [5.41, 5.74) is 2.28. The Morgan fingerprint density at radius 1 is 1.12 bits per heavy atom. The zero-order valence-electron chi connectivity index (χ0n) is 15.4. The van der Waals surface area contributed by atoms with Crippen molar-refractivity contribution in [2.45, 2.75) is 26.8 Å². The number of nitrogens with zero attached hydrogens (tertiary/aromatic N) is 1. The largest absolute Gasteiger partial charge is 0.496 e. The molecule has 6 nitrogen and oxygen atoms in total. The predicted molar refractivity (Wildman–Crippen MR) is 97.9 cm³/mol. The maximum absolute atomic E-state index is 5.44. The van der Waals surface area contributed by atoms with Crippen molar-refractivity contribution in [2.75, 3.05) is 47.1 Å². The van der Waals surface area contributed by atoms with Crippen molar-refractivity contribution in [3.63, 3.8) is 0 Å². The van der Waals surface area contributed by atoms with Crippen LogP contribution in [0.2, 0.25) is 0 Å². The molecule has 2 N–H and O–H groups in total. The molecule has 0 spiro atoms. The van der Waals surface area contributed by atoms with Gasteiger partial charge in [-0.05, 0) is 37.5 Å². The first-order chi connectivity index (χ1) is 11.7. The first-order valence-corrected chi connectivity index (χ1v) is 8.43. The molecule has 24 heavy (non-hydrogen) atoms. The lowest BCUT2D eigenvalue weighted by Crippen LogP contribution is -2.38. The third-order valence-corrected chi connectivity index (χ3v) is 3.41. The minimum absolute atomic E-state index is 0.629. The summed E-state index contributed by atoms with van der Waals surface area (Å²) in [5, 5.41) is 6.58. The Morgan fingerprint density at radius 2 is 1.96 bits per heavy atom. The smallest absolute Gasteiger partial charge is 0.191 e. The van der Waals surface area contributed by atoms with E-state index in [-0.39, 0.29) is 0 Å². The summed E-state index contributed by atoms with van der Waals surface area (Å²) in [4.78, 5) is 4.62. The monoisotopic (exact) mass is 337 g/mol. The molecule has 0 radical (unpaired) electrons. The molecule has 1 aromatic rings. The SMILES string of the molecule is CCNC(=NCc1ccc(OC)c(C)c1)NCCCOCCOC. The molecule has 0 aliphatic rings. The molecule has 0 bridgehead atoms. The number of rotatable bonds is 11. The van der Waals surface area contributed by atoms with Gasteiger partial charge in [0.2, 0.25) is 0 Å². The highest BCUT2D eigenvalue weighted by molar-refractivity contribution is 5.79. The Balaban J connectivity index is 2.40. The fraction of sp³-hybridized carbons (Fsp3) is 0.611. The fourth-order valence-corrected chi connectivity index (χ4v) is 2.18. The van der Waals surface area contributed by atoms with Gasteiger partial charge in [0.25, 0.3) is 0 Å². The molecular formula is C18H31N3O3. The topological polar surface area (TPSA) is 64.1 Å². The highest BCUT2D eigenvalue weighted by Crippen LogP contribution is 2.18. The quantitative estimate of drug-likeness (QED) is 0.368. The zero-order chi connectivity index (χ0) is 17.6. The molecule has 0 aliphatic carbocycles. The van der Waals surface area contributed by atoms with E-state index in [1.54, 1.807) is 14.2 Å². The Labute approximate surface area is 145 Å². The van der Waals surface area contributed by atoms with Crippen LogP contribution in [0, 0.1) is 6.92 Å². The highest BCUT2D eigenvalue weighted by Gasteiger charge is 2.01. The fourth-order valence-electron chi connectivity index (χ4n) is 2.18. The summed E-state index contributed by atoms with van der Waals surface area (Å²) in [7, 11) is 3.36. The van der Waals surface area contributed by atoms with Gasteiger partial charge in [-0.2, -0.15) is 0 Å². The van der Waals surface area contributed by atoms with Gasteiger partial charge in [-0.1, -0.05) is 12.1 Å². The number of hydrogen-bond donors (Lipinski definition) is 2. The van der Waals surface area contributed by atoms with Gasteiger partial charge in [0.15, 0.2) is 5.96 Å². The Bertz CT molecular complexity index is 492. The van der Waals surface area contributed by atoms with Gasteiger partial charge in [0.1, 0.15) is 5.75 Å². The molecule has 136 valence electrons. The van der Waals surface area contributed by atoms with E-state index >= 15 is 0 Å². The summed E-state index contributed by atoms with van der Waals surface area (Å²) < 4.78 is 15.7. The second-order valence-electron chi connectivity index (χ2n) is 5.38. The summed E-state index contributed by atoms with van der Waals surface area (Å²) >= 11 is 0. The molecule has 0 aromatic heterocycles. The molecule has 0 saturated heterocycles. The van der Waals surface area contributed by atoms with Gasteiger partial charge in [0.05, 0.1) is 26.9 Å². The van der Waals surface area contributed by atoms with Gasteiger partial charge in [0, 0.05) is 26.8 Å². The number of hydrogen-bond acceptors (Lipinski definition) is 4. The molecule has 0 saturated carbocycles. The summed E-state index contributed by atoms with van der Waals surface area (Å²) in [6, 6.07) is 6.13. The highest BCUT2D eigenvalue weighted by atomic mass is 16.5. The van der Waals surface area contributed by atoms with Crippen LogP contribution in [0.3, 0.4) is 0 Å². The van der Waals surface area contributed by atoms with E-state index in [1.165, 1.54) is 0 Å². The summed E-state index contributed by atoms with van der Waals surface area (Å²) in [5.74, 6) is 1.73. The van der Waals surface area contributed by atoms with Crippen LogP contribution in [0.15, 0.2) is 23.2 Å². The minimum Gasteiger partial charge on any atom is -0.496 e. The van der Waals surface area contributed by atoms with E-state index in [0.717, 1.165) is 42.3 Å². The minimum atomic E-state index is 0.629. The number of methoxy groups -OCH3 is 2. The van der Waals surface area contributed by atoms with Crippen LogP contribution in [0.5, 0.6) is 5.75 Å². The van der Waals surface area contributed by atoms with Crippen LogP contribution in [-0.2, 0) is 16.0 Å². The predicted octanol–water partition coefficient (Wildman–Crippen LogP) is 2.11. The normalized spacial score (nSPS) is 11.4. The van der Waals surface area contributed by atoms with Gasteiger partial charge >= 0.3 is 0 Å². The van der Waals surface area contributed by atoms with Crippen molar-refractivity contribution < 1.29 is 14.2 Å². The molecule has 0 heterocycles. The zero-order valence-corrected chi connectivity index (χ0v) is 15.4. The molecular weight excluding hydrogens is 306 g/mol. The maximum atomic E-state index is 5.44. The van der Waals surface area contributed by atoms with Gasteiger partial charge in [-0.15, -0.1) is 0 Å². The van der Waals surface area contributed by atoms with Crippen molar-refractivity contribution >= 4 is 5.96 Å². The van der Waals surface area contributed by atoms with Gasteiger partial charge in [-0.25, -0.2) is 4.99 Å². The van der Waals surface area contributed by atoms with E-state index < -0.39 is 0 Å². The number of ether oxygens (including phenoxy) is 3. The van der Waals surface area contributed by atoms with Crippen molar-refractivity contribution in [1.29, 1.82) is 0 Å². The molecule has 6 heteroatoms. The van der Waals surface area contributed by atoms with E-state index in [0.29, 0.717) is 26.4 Å². The first kappa shape index (κ1) is 20.3. The summed E-state index contributed by atoms with van der Waals surface area (Å²) in [6.07, 6.45) is 0.926. The van der Waals surface area contributed by atoms with Crippen LogP contribution in [0.1, 0.15) is 24.5 Å². The molecule has 1 rings (SSSR count). The number of guanidine groups is 1. The molecule has 0 amide bonds.